The Morgan fingerprint density at radius 2 is 0.622 bits per heavy atom. The number of hydrogen-bond donors (Lipinski definition) is 7. The second kappa shape index (κ2) is 33.7. The zero-order valence-corrected chi connectivity index (χ0v) is 73.1. The van der Waals surface area contributed by atoms with Gasteiger partial charge in [0, 0.05) is 84.8 Å². The molecule has 12 aromatic rings. The van der Waals surface area contributed by atoms with E-state index in [0.29, 0.717) is 89.9 Å². The molecule has 7 saturated heterocycles. The summed E-state index contributed by atoms with van der Waals surface area (Å²) in [6, 6.07) is 29.8. The average molecular weight is 1840 g/mol. The van der Waals surface area contributed by atoms with Crippen LogP contribution in [0.3, 0.4) is 0 Å². The quantitative estimate of drug-likeness (QED) is 0.0625. The number of nitrogens with two attached hydrogens (primary N) is 3. The molecule has 35 nitrogen and oxygen atoms in total. The molecular formula is C87H90Cl5N15O20. The lowest BCUT2D eigenvalue weighted by atomic mass is 9.91. The van der Waals surface area contributed by atoms with Crippen molar-refractivity contribution in [1.82, 2.24) is 58.1 Å². The highest BCUT2D eigenvalue weighted by Gasteiger charge is 2.63. The number of methoxy groups -OCH3 is 2. The Balaban J connectivity index is 0.000000107. The van der Waals surface area contributed by atoms with Crippen molar-refractivity contribution in [2.24, 2.45) is 0 Å². The minimum Gasteiger partial charge on any atom is -0.387 e. The van der Waals surface area contributed by atoms with Gasteiger partial charge in [-0.1, -0.05) is 82.3 Å². The van der Waals surface area contributed by atoms with Gasteiger partial charge in [-0.15, -0.1) is 0 Å². The lowest BCUT2D eigenvalue weighted by Crippen LogP contribution is -2.40. The zero-order valence-electron chi connectivity index (χ0n) is 69.4. The summed E-state index contributed by atoms with van der Waals surface area (Å²) in [5.74, 6) is -1.23. The standard InChI is InChI=1S/C23H23Cl2N3O5.C23H25ClN4O5.C22H23ClN4O5.C19H19ClN4O5/c2*1-23(2)32-18-17(16-13-5-4-12(24)8-11(13)9-15(29-3)30-16)31-22(19(18)33-23)28-7-6-14-20(25)26-10-27-21(14)28;1-22(2)31-17-16(15-12-4-3-11(23)7-10(12)8-14(28)29-15)30-21(18(17)32-22)27-6-5-13-19(24)25-9-26-20(13)27;20-9-1-2-10-8(5-9)6-12(25)28-15(10)16-13(26)14(27)19(29-16)24-4-3-11-17(21)22-7-23-18(11)24/h4-8,10,15-19,22H,9H2,1-3H3;4-8,10,15-19,22H,9H2,1-3H3,(H2,25,26,27);3-7,9,14-18,21,28H,8H2,1-2H3,(H2,24,25,26);1-5,7,12-16,19,25-27H,6H2,(H2,21,22,23)/t2*15?,16-,17-,18-,19-,22-;14?,15-,16-,17-,18-,21-;12?,13-,14+,15+,16-,19+/m1110/s1. The fraction of sp³-hybridized carbons (Fsp3) is 0.448. The molecule has 127 heavy (non-hydrogen) atoms. The highest BCUT2D eigenvalue weighted by atomic mass is 35.5. The summed E-state index contributed by atoms with van der Waals surface area (Å²) in [7, 11) is 3.26. The maximum absolute atomic E-state index is 10.7. The molecule has 4 aromatic carbocycles. The van der Waals surface area contributed by atoms with E-state index in [0.717, 1.165) is 60.7 Å². The molecule has 4 unspecified atom stereocenters. The van der Waals surface area contributed by atoms with Gasteiger partial charge in [0.25, 0.3) is 0 Å². The first-order valence-corrected chi connectivity index (χ1v) is 43.2. The number of nitrogens with zero attached hydrogens (tertiary/aromatic N) is 12. The average Bonchev–Trinajstić information content (AvgIpc) is 1.58. The summed E-state index contributed by atoms with van der Waals surface area (Å²) >= 11 is 31.1. The molecule has 23 rings (SSSR count). The third-order valence-electron chi connectivity index (χ3n) is 24.8. The molecule has 7 fully saturated rings. The van der Waals surface area contributed by atoms with Crippen molar-refractivity contribution in [2.75, 3.05) is 31.4 Å². The molecule has 0 radical (unpaired) electrons. The number of hydrogen-bond acceptors (Lipinski definition) is 31. The van der Waals surface area contributed by atoms with Gasteiger partial charge in [0.1, 0.15) is 168 Å². The third kappa shape index (κ3) is 15.9. The summed E-state index contributed by atoms with van der Waals surface area (Å²) in [5.41, 5.74) is 28.0. The zero-order chi connectivity index (χ0) is 88.3. The molecule has 668 valence electrons. The minimum atomic E-state index is -1.25. The van der Waals surface area contributed by atoms with Crippen molar-refractivity contribution in [3.8, 4) is 0 Å². The maximum atomic E-state index is 10.7. The molecule has 0 amide bonds. The van der Waals surface area contributed by atoms with E-state index in [1.165, 1.54) is 25.3 Å². The highest BCUT2D eigenvalue weighted by Crippen LogP contribution is 2.55. The van der Waals surface area contributed by atoms with Gasteiger partial charge in [0.2, 0.25) is 0 Å². The molecule has 11 aliphatic heterocycles. The van der Waals surface area contributed by atoms with Gasteiger partial charge in [0.05, 0.1) is 21.5 Å². The largest absolute Gasteiger partial charge is 0.387 e. The first-order chi connectivity index (χ1) is 60.9. The van der Waals surface area contributed by atoms with Crippen LogP contribution in [0.25, 0.3) is 44.1 Å². The van der Waals surface area contributed by atoms with Gasteiger partial charge in [0.15, 0.2) is 67.4 Å². The van der Waals surface area contributed by atoms with Crippen LogP contribution in [0.1, 0.15) is 135 Å². The lowest BCUT2D eigenvalue weighted by molar-refractivity contribution is -0.237. The Morgan fingerprint density at radius 3 is 0.976 bits per heavy atom. The molecule has 0 aliphatic carbocycles. The van der Waals surface area contributed by atoms with Crippen molar-refractivity contribution in [3.63, 3.8) is 0 Å². The van der Waals surface area contributed by atoms with E-state index in [-0.39, 0.29) is 30.8 Å². The van der Waals surface area contributed by atoms with Crippen LogP contribution in [0, 0.1) is 0 Å². The molecule has 11 aliphatic rings. The molecular weight excluding hydrogens is 1750 g/mol. The maximum Gasteiger partial charge on any atom is 0.164 e. The predicted octanol–water partition coefficient (Wildman–Crippen LogP) is 11.4. The molecule has 19 heterocycles. The number of aromatic nitrogens is 12. The number of fused-ring (bicyclic) bond motifs is 11. The molecule has 0 saturated carbocycles. The van der Waals surface area contributed by atoms with E-state index in [4.69, 9.17) is 151 Å². The van der Waals surface area contributed by atoms with Crippen LogP contribution in [-0.2, 0) is 101 Å². The summed E-state index contributed by atoms with van der Waals surface area (Å²) in [4.78, 5) is 33.7. The number of ether oxygens (including phenoxy) is 16. The summed E-state index contributed by atoms with van der Waals surface area (Å²) in [5, 5.41) is 47.7. The lowest BCUT2D eigenvalue weighted by Gasteiger charge is -2.36. The Morgan fingerprint density at radius 1 is 0.331 bits per heavy atom. The Hall–Kier alpha value is -8.59. The van der Waals surface area contributed by atoms with Crippen molar-refractivity contribution in [1.29, 1.82) is 0 Å². The number of benzene rings is 4. The number of rotatable bonds is 10. The van der Waals surface area contributed by atoms with Gasteiger partial charge >= 0.3 is 0 Å². The molecule has 0 spiro atoms. The smallest absolute Gasteiger partial charge is 0.164 e. The van der Waals surface area contributed by atoms with Crippen LogP contribution >= 0.6 is 58.0 Å². The monoisotopic (exact) mass is 1840 g/mol. The summed E-state index contributed by atoms with van der Waals surface area (Å²) < 4.78 is 107. The van der Waals surface area contributed by atoms with Crippen LogP contribution < -0.4 is 17.2 Å². The Kier molecular flexibility index (Phi) is 22.9. The number of aliphatic hydroxyl groups excluding tert-OH is 4. The fourth-order valence-electron chi connectivity index (χ4n) is 19.4. The van der Waals surface area contributed by atoms with Crippen LogP contribution in [-0.4, -0.2) is 209 Å². The van der Waals surface area contributed by atoms with Crippen molar-refractivity contribution < 1.29 is 96.2 Å². The molecule has 10 N–H and O–H groups in total. The third-order valence-corrected chi connectivity index (χ3v) is 26.0. The van der Waals surface area contributed by atoms with Crippen LogP contribution in [0.2, 0.25) is 25.2 Å². The van der Waals surface area contributed by atoms with E-state index >= 15 is 0 Å². The normalized spacial score (nSPS) is 32.7. The van der Waals surface area contributed by atoms with Gasteiger partial charge in [-0.05, 0) is 159 Å². The van der Waals surface area contributed by atoms with Crippen LogP contribution in [0.4, 0.5) is 17.5 Å². The van der Waals surface area contributed by atoms with Crippen molar-refractivity contribution >= 4 is 120 Å². The molecule has 40 heteroatoms. The van der Waals surface area contributed by atoms with Crippen LogP contribution in [0.15, 0.2) is 147 Å². The fourth-order valence-corrected chi connectivity index (χ4v) is 20.4. The van der Waals surface area contributed by atoms with Crippen LogP contribution in [0.5, 0.6) is 0 Å². The summed E-state index contributed by atoms with van der Waals surface area (Å²) in [6.07, 6.45) is 0.120. The van der Waals surface area contributed by atoms with Crippen molar-refractivity contribution in [2.45, 2.75) is 232 Å². The van der Waals surface area contributed by atoms with E-state index < -0.39 is 141 Å². The first kappa shape index (κ1) is 86.4. The van der Waals surface area contributed by atoms with Gasteiger partial charge < -0.3 is 132 Å². The van der Waals surface area contributed by atoms with E-state index in [9.17, 15) is 20.4 Å². The van der Waals surface area contributed by atoms with Gasteiger partial charge in [-0.2, -0.15) is 0 Å². The number of halogens is 5. The number of aliphatic hydroxyl groups is 4. The molecule has 0 bridgehead atoms. The summed E-state index contributed by atoms with van der Waals surface area (Å²) in [6.45, 7) is 11.4. The highest BCUT2D eigenvalue weighted by molar-refractivity contribution is 6.34. The van der Waals surface area contributed by atoms with E-state index in [1.807, 2.05) is 147 Å². The predicted molar refractivity (Wildman–Crippen MR) is 457 cm³/mol. The first-order valence-electron chi connectivity index (χ1n) is 41.3. The van der Waals surface area contributed by atoms with Gasteiger partial charge in [-0.3, -0.25) is 0 Å². The number of anilines is 3. The SMILES string of the molecule is CC1(C)O[C@H]2[C@@H](O1)[C@H](n1ccc3c(N)ncnc31)O[C@@H]2[C@@H]1OC(O)Cc2cc(Cl)ccc21.COC1Cc2cc(Cl)ccc2[C@H]([C@H]2O[C@@H](n3ccc4c(Cl)ncnc43)[C@@H]3OC(C)(C)O[C@@H]32)O1.COC1Cc2cc(Cl)ccc2[C@H]([C@H]2O[C@@H](n3ccc4c(N)ncnc43)[C@@H]3OC(C)(C)O[C@@H]32)O1.Nc1ncnc2c1ccn2[C@@H]1O[C@H]([C@@H]2OC(O)Cc3cc(Cl)ccc32)[C@@H](O)[C@H]1O. The topological polar surface area (TPSA) is 430 Å². The number of nitrogen functional groups attached to an aromatic ring is 3. The second-order valence-electron chi connectivity index (χ2n) is 34.1. The molecule has 24 atom stereocenters. The minimum absolute atomic E-state index is 0.277. The van der Waals surface area contributed by atoms with E-state index in [2.05, 4.69) is 39.9 Å². The van der Waals surface area contributed by atoms with Crippen molar-refractivity contribution in [3.05, 3.63) is 217 Å². The van der Waals surface area contributed by atoms with Gasteiger partial charge in [-0.25, -0.2) is 39.9 Å². The molecule has 8 aromatic heterocycles. The Labute approximate surface area is 750 Å². The van der Waals surface area contributed by atoms with E-state index in [1.54, 1.807) is 49.2 Å². The second-order valence-corrected chi connectivity index (χ2v) is 36.2. The Bertz CT molecular complexity index is 5980.